The Bertz CT molecular complexity index is 1410. The second kappa shape index (κ2) is 9.01. The summed E-state index contributed by atoms with van der Waals surface area (Å²) in [6, 6.07) is 5.90. The van der Waals surface area contributed by atoms with Gasteiger partial charge in [-0.2, -0.15) is 10.2 Å². The van der Waals surface area contributed by atoms with Crippen LogP contribution in [0.5, 0.6) is 5.75 Å². The standard InChI is InChI=1S/C25H29N7O3/c1-15-9-18(30(3)16(2)33)5-6-22(15)31-13-17-10-19(24(35-4)11-20(17)29-31)25(34)28-21-12-27-32-14-26-8-7-23(21)32/h7-8,10-15,18,22H,5-6,9H2,1-4H3,(H,28,34)/t15-,18-,22-/m1/s1. The van der Waals surface area contributed by atoms with Gasteiger partial charge in [0.1, 0.15) is 12.1 Å². The predicted molar refractivity (Wildman–Crippen MR) is 132 cm³/mol. The van der Waals surface area contributed by atoms with E-state index >= 15 is 0 Å². The fraction of sp³-hybridized carbons (Fsp3) is 0.400. The average Bonchev–Trinajstić information content (AvgIpc) is 3.46. The Morgan fingerprint density at radius 2 is 2.09 bits per heavy atom. The maximum atomic E-state index is 13.2. The molecule has 1 saturated carbocycles. The Morgan fingerprint density at radius 1 is 1.26 bits per heavy atom. The van der Waals surface area contributed by atoms with Gasteiger partial charge in [0.25, 0.3) is 5.91 Å². The number of aromatic nitrogens is 5. The van der Waals surface area contributed by atoms with Crippen LogP contribution in [-0.4, -0.2) is 61.3 Å². The highest BCUT2D eigenvalue weighted by molar-refractivity contribution is 6.09. The second-order valence-electron chi connectivity index (χ2n) is 9.28. The first-order valence-corrected chi connectivity index (χ1v) is 11.7. The molecular weight excluding hydrogens is 446 g/mol. The van der Waals surface area contributed by atoms with Gasteiger partial charge in [-0.05, 0) is 37.3 Å². The number of carbonyl (C=O) groups is 2. The summed E-state index contributed by atoms with van der Waals surface area (Å²) in [6.07, 6.45) is 9.64. The summed E-state index contributed by atoms with van der Waals surface area (Å²) < 4.78 is 9.16. The zero-order valence-electron chi connectivity index (χ0n) is 20.3. The Kier molecular flexibility index (Phi) is 5.88. The van der Waals surface area contributed by atoms with Crippen molar-refractivity contribution in [1.82, 2.24) is 29.3 Å². The summed E-state index contributed by atoms with van der Waals surface area (Å²) in [5.41, 5.74) is 2.54. The van der Waals surface area contributed by atoms with E-state index in [-0.39, 0.29) is 23.9 Å². The number of nitrogens with zero attached hydrogens (tertiary/aromatic N) is 6. The van der Waals surface area contributed by atoms with E-state index in [2.05, 4.69) is 22.3 Å². The highest BCUT2D eigenvalue weighted by Gasteiger charge is 2.32. The lowest BCUT2D eigenvalue weighted by atomic mass is 9.82. The third kappa shape index (κ3) is 4.20. The number of benzene rings is 1. The summed E-state index contributed by atoms with van der Waals surface area (Å²) in [5.74, 6) is 0.631. The van der Waals surface area contributed by atoms with Crippen molar-refractivity contribution in [2.75, 3.05) is 19.5 Å². The summed E-state index contributed by atoms with van der Waals surface area (Å²) in [5, 5.41) is 12.8. The van der Waals surface area contributed by atoms with Crippen molar-refractivity contribution in [3.63, 3.8) is 0 Å². The lowest BCUT2D eigenvalue weighted by Gasteiger charge is -2.38. The van der Waals surface area contributed by atoms with Crippen LogP contribution in [-0.2, 0) is 4.79 Å². The molecule has 1 fully saturated rings. The number of nitrogens with one attached hydrogen (secondary N) is 1. The number of hydrogen-bond acceptors (Lipinski definition) is 6. The van der Waals surface area contributed by atoms with E-state index in [0.717, 1.165) is 35.7 Å². The predicted octanol–water partition coefficient (Wildman–Crippen LogP) is 3.55. The fourth-order valence-electron chi connectivity index (χ4n) is 5.07. The normalized spacial score (nSPS) is 20.2. The Morgan fingerprint density at radius 3 is 2.83 bits per heavy atom. The van der Waals surface area contributed by atoms with Crippen LogP contribution in [0, 0.1) is 5.92 Å². The third-order valence-corrected chi connectivity index (χ3v) is 7.15. The summed E-state index contributed by atoms with van der Waals surface area (Å²) in [7, 11) is 3.43. The molecule has 35 heavy (non-hydrogen) atoms. The van der Waals surface area contributed by atoms with Gasteiger partial charge in [0.05, 0.1) is 41.6 Å². The van der Waals surface area contributed by atoms with Gasteiger partial charge >= 0.3 is 0 Å². The molecule has 5 rings (SSSR count). The monoisotopic (exact) mass is 475 g/mol. The zero-order chi connectivity index (χ0) is 24.7. The SMILES string of the molecule is COc1cc2nn([C@@H]3CC[C@@H](N(C)C(C)=O)C[C@H]3C)cc2cc1C(=O)Nc1cnn2cnccc12. The number of rotatable bonds is 5. The highest BCUT2D eigenvalue weighted by atomic mass is 16.5. The highest BCUT2D eigenvalue weighted by Crippen LogP contribution is 2.37. The molecule has 3 atom stereocenters. The Hall–Kier alpha value is -3.95. The molecule has 0 saturated heterocycles. The van der Waals surface area contributed by atoms with Gasteiger partial charge < -0.3 is 15.0 Å². The first-order chi connectivity index (χ1) is 16.9. The van der Waals surface area contributed by atoms with Gasteiger partial charge in [-0.15, -0.1) is 0 Å². The average molecular weight is 476 g/mol. The molecule has 182 valence electrons. The van der Waals surface area contributed by atoms with Crippen LogP contribution in [0.4, 0.5) is 5.69 Å². The summed E-state index contributed by atoms with van der Waals surface area (Å²) in [6.45, 7) is 3.83. The van der Waals surface area contributed by atoms with Crippen LogP contribution in [0.3, 0.4) is 0 Å². The Balaban J connectivity index is 1.40. The van der Waals surface area contributed by atoms with E-state index in [9.17, 15) is 9.59 Å². The zero-order valence-corrected chi connectivity index (χ0v) is 20.3. The molecule has 1 N–H and O–H groups in total. The maximum Gasteiger partial charge on any atom is 0.259 e. The van der Waals surface area contributed by atoms with E-state index in [0.29, 0.717) is 22.9 Å². The van der Waals surface area contributed by atoms with Gasteiger partial charge in [0.2, 0.25) is 5.91 Å². The van der Waals surface area contributed by atoms with Crippen molar-refractivity contribution >= 4 is 33.9 Å². The molecule has 1 aliphatic rings. The maximum absolute atomic E-state index is 13.2. The van der Waals surface area contributed by atoms with Crippen molar-refractivity contribution in [3.05, 3.63) is 48.7 Å². The van der Waals surface area contributed by atoms with Gasteiger partial charge in [0.15, 0.2) is 0 Å². The van der Waals surface area contributed by atoms with E-state index in [1.165, 1.54) is 0 Å². The molecule has 1 aromatic carbocycles. The van der Waals surface area contributed by atoms with Crippen molar-refractivity contribution in [3.8, 4) is 5.75 Å². The summed E-state index contributed by atoms with van der Waals surface area (Å²) >= 11 is 0. The van der Waals surface area contributed by atoms with Crippen LogP contribution < -0.4 is 10.1 Å². The van der Waals surface area contributed by atoms with E-state index in [1.54, 1.807) is 49.4 Å². The molecule has 4 aromatic rings. The van der Waals surface area contributed by atoms with Gasteiger partial charge in [0, 0.05) is 43.9 Å². The minimum Gasteiger partial charge on any atom is -0.496 e. The quantitative estimate of drug-likeness (QED) is 0.473. The lowest BCUT2D eigenvalue weighted by Crippen LogP contribution is -2.41. The number of ether oxygens (including phenoxy) is 1. The molecule has 0 spiro atoms. The largest absolute Gasteiger partial charge is 0.496 e. The van der Waals surface area contributed by atoms with Crippen LogP contribution in [0.25, 0.3) is 16.4 Å². The number of hydrogen-bond donors (Lipinski definition) is 1. The smallest absolute Gasteiger partial charge is 0.259 e. The van der Waals surface area contributed by atoms with E-state index < -0.39 is 0 Å². The van der Waals surface area contributed by atoms with Crippen LogP contribution in [0.1, 0.15) is 49.5 Å². The van der Waals surface area contributed by atoms with Gasteiger partial charge in [-0.3, -0.25) is 14.3 Å². The molecular formula is C25H29N7O3. The summed E-state index contributed by atoms with van der Waals surface area (Å²) in [4.78, 5) is 30.9. The molecule has 3 heterocycles. The van der Waals surface area contributed by atoms with Gasteiger partial charge in [-0.1, -0.05) is 6.92 Å². The molecule has 2 amide bonds. The van der Waals surface area contributed by atoms with Crippen molar-refractivity contribution in [2.24, 2.45) is 5.92 Å². The minimum absolute atomic E-state index is 0.101. The van der Waals surface area contributed by atoms with Crippen LogP contribution in [0.15, 0.2) is 43.1 Å². The fourth-order valence-corrected chi connectivity index (χ4v) is 5.07. The molecule has 10 heteroatoms. The number of anilines is 1. The first kappa shape index (κ1) is 22.8. The van der Waals surface area contributed by atoms with E-state index in [4.69, 9.17) is 9.84 Å². The number of amides is 2. The molecule has 0 radical (unpaired) electrons. The minimum atomic E-state index is -0.288. The van der Waals surface area contributed by atoms with Crippen molar-refractivity contribution < 1.29 is 14.3 Å². The molecule has 0 aliphatic heterocycles. The molecule has 1 aliphatic carbocycles. The number of methoxy groups -OCH3 is 1. The first-order valence-electron chi connectivity index (χ1n) is 11.7. The van der Waals surface area contributed by atoms with Crippen LogP contribution in [0.2, 0.25) is 0 Å². The van der Waals surface area contributed by atoms with Gasteiger partial charge in [-0.25, -0.2) is 9.50 Å². The molecule has 3 aromatic heterocycles. The lowest BCUT2D eigenvalue weighted by molar-refractivity contribution is -0.130. The molecule has 0 bridgehead atoms. The van der Waals surface area contributed by atoms with E-state index in [1.807, 2.05) is 28.9 Å². The number of carbonyl (C=O) groups excluding carboxylic acids is 2. The third-order valence-electron chi connectivity index (χ3n) is 7.15. The number of fused-ring (bicyclic) bond motifs is 2. The van der Waals surface area contributed by atoms with Crippen LogP contribution >= 0.6 is 0 Å². The molecule has 10 nitrogen and oxygen atoms in total. The molecule has 0 unspecified atom stereocenters. The topological polar surface area (TPSA) is 107 Å². The second-order valence-corrected chi connectivity index (χ2v) is 9.28. The van der Waals surface area contributed by atoms with Crippen molar-refractivity contribution in [1.29, 1.82) is 0 Å². The Labute approximate surface area is 202 Å². The van der Waals surface area contributed by atoms with Crippen molar-refractivity contribution in [2.45, 2.75) is 45.2 Å².